The molecule has 0 aliphatic carbocycles. The number of urea groups is 2. The molecule has 2 atom stereocenters. The highest BCUT2D eigenvalue weighted by Gasteiger charge is 2.30. The first-order valence-electron chi connectivity index (χ1n) is 17.1. The molecule has 7 amide bonds. The second-order valence-electron chi connectivity index (χ2n) is 13.3. The van der Waals surface area contributed by atoms with Gasteiger partial charge in [0.1, 0.15) is 12.1 Å². The van der Waals surface area contributed by atoms with Gasteiger partial charge < -0.3 is 36.7 Å². The summed E-state index contributed by atoms with van der Waals surface area (Å²) < 4.78 is 5.70. The highest BCUT2D eigenvalue weighted by atomic mass is 16.5. The van der Waals surface area contributed by atoms with Crippen molar-refractivity contribution in [3.8, 4) is 0 Å². The van der Waals surface area contributed by atoms with E-state index in [0.717, 1.165) is 32.6 Å². The van der Waals surface area contributed by atoms with Crippen molar-refractivity contribution in [3.05, 3.63) is 108 Å². The highest BCUT2D eigenvalue weighted by Crippen LogP contribution is 2.19. The number of H-pyrrole nitrogens is 1. The molecule has 1 heterocycles. The molecule has 4 rings (SSSR count). The number of nitrogens with two attached hydrogens (primary N) is 1. The van der Waals surface area contributed by atoms with Gasteiger partial charge in [-0.2, -0.15) is 0 Å². The Morgan fingerprint density at radius 1 is 0.827 bits per heavy atom. The van der Waals surface area contributed by atoms with Gasteiger partial charge in [0, 0.05) is 42.0 Å². The lowest BCUT2D eigenvalue weighted by atomic mass is 10.0. The summed E-state index contributed by atoms with van der Waals surface area (Å²) in [7, 11) is 0. The van der Waals surface area contributed by atoms with Crippen LogP contribution in [-0.2, 0) is 38.7 Å². The first-order valence-corrected chi connectivity index (χ1v) is 17.1. The van der Waals surface area contributed by atoms with Crippen molar-refractivity contribution in [2.45, 2.75) is 70.8 Å². The minimum atomic E-state index is -1.21. The van der Waals surface area contributed by atoms with Crippen molar-refractivity contribution in [2.24, 2.45) is 5.73 Å². The van der Waals surface area contributed by atoms with Crippen molar-refractivity contribution in [1.82, 2.24) is 36.7 Å². The summed E-state index contributed by atoms with van der Waals surface area (Å²) in [6, 6.07) is 22.6. The fraction of sp³-hybridized carbons (Fsp3) is 0.342. The van der Waals surface area contributed by atoms with Gasteiger partial charge in [0.2, 0.25) is 11.8 Å². The van der Waals surface area contributed by atoms with Crippen LogP contribution in [0.4, 0.5) is 9.59 Å². The number of nitrogens with zero attached hydrogens (tertiary/aromatic N) is 1. The van der Waals surface area contributed by atoms with Crippen molar-refractivity contribution >= 4 is 40.7 Å². The summed E-state index contributed by atoms with van der Waals surface area (Å²) in [6.45, 7) is 6.14. The molecule has 2 unspecified atom stereocenters. The number of fused-ring (bicyclic) bond motifs is 1. The lowest BCUT2D eigenvalue weighted by Crippen LogP contribution is -2.59. The molecular weight excluding hydrogens is 664 g/mol. The molecule has 0 saturated heterocycles. The van der Waals surface area contributed by atoms with E-state index < -0.39 is 47.4 Å². The van der Waals surface area contributed by atoms with Gasteiger partial charge in [-0.3, -0.25) is 19.8 Å². The van der Waals surface area contributed by atoms with E-state index in [2.05, 4.69) is 31.7 Å². The zero-order valence-corrected chi connectivity index (χ0v) is 29.7. The van der Waals surface area contributed by atoms with E-state index in [1.54, 1.807) is 27.0 Å². The van der Waals surface area contributed by atoms with E-state index >= 15 is 0 Å². The molecule has 0 aliphatic heterocycles. The zero-order chi connectivity index (χ0) is 37.5. The molecule has 3 aromatic carbocycles. The maximum Gasteiger partial charge on any atom is 0.336 e. The Hall–Kier alpha value is -5.89. The van der Waals surface area contributed by atoms with Crippen LogP contribution < -0.4 is 32.4 Å². The Labute approximate surface area is 303 Å². The van der Waals surface area contributed by atoms with Crippen LogP contribution in [0.3, 0.4) is 0 Å². The summed E-state index contributed by atoms with van der Waals surface area (Å²) in [5.41, 5.74) is 10.8. The Morgan fingerprint density at radius 3 is 2.15 bits per heavy atom. The predicted octanol–water partition coefficient (Wildman–Crippen LogP) is 3.39. The fourth-order valence-electron chi connectivity index (χ4n) is 5.32. The lowest BCUT2D eigenvalue weighted by molar-refractivity contribution is -0.132. The average Bonchev–Trinajstić information content (AvgIpc) is 3.51. The summed E-state index contributed by atoms with van der Waals surface area (Å²) in [5.74, 6) is -2.05. The maximum absolute atomic E-state index is 14.1. The molecule has 276 valence electrons. The molecule has 52 heavy (non-hydrogen) atoms. The minimum Gasteiger partial charge on any atom is -0.375 e. The van der Waals surface area contributed by atoms with Crippen LogP contribution in [0, 0.1) is 0 Å². The fourth-order valence-corrected chi connectivity index (χ4v) is 5.32. The van der Waals surface area contributed by atoms with Gasteiger partial charge >= 0.3 is 12.1 Å². The van der Waals surface area contributed by atoms with E-state index in [1.807, 2.05) is 84.9 Å². The van der Waals surface area contributed by atoms with E-state index in [0.29, 0.717) is 6.61 Å². The smallest absolute Gasteiger partial charge is 0.336 e. The topological polar surface area (TPSA) is 200 Å². The first-order chi connectivity index (χ1) is 24.9. The summed E-state index contributed by atoms with van der Waals surface area (Å²) in [5, 5.41) is 12.9. The number of hydrogen-bond acceptors (Lipinski definition) is 6. The number of hydrogen-bond donors (Lipinski definition) is 7. The Kier molecular flexibility index (Phi) is 14.2. The second kappa shape index (κ2) is 18.9. The third kappa shape index (κ3) is 12.8. The molecule has 0 spiro atoms. The predicted molar refractivity (Wildman–Crippen MR) is 197 cm³/mol. The number of aromatic nitrogens is 1. The molecular formula is C38H48N8O6. The minimum absolute atomic E-state index is 0.0206. The van der Waals surface area contributed by atoms with Crippen LogP contribution in [0.1, 0.15) is 50.3 Å². The number of hydrazine groups is 1. The summed E-state index contributed by atoms with van der Waals surface area (Å²) in [6.07, 6.45) is 1.50. The number of primary amides is 1. The van der Waals surface area contributed by atoms with Crippen LogP contribution in [-0.4, -0.2) is 70.6 Å². The molecule has 0 saturated carbocycles. The van der Waals surface area contributed by atoms with Crippen molar-refractivity contribution < 1.29 is 28.7 Å². The average molecular weight is 713 g/mol. The Balaban J connectivity index is 1.53. The number of nitrogens with one attached hydrogen (secondary N) is 6. The van der Waals surface area contributed by atoms with E-state index in [9.17, 15) is 24.0 Å². The van der Waals surface area contributed by atoms with E-state index in [1.165, 1.54) is 0 Å². The quantitative estimate of drug-likeness (QED) is 0.0686. The number of benzene rings is 3. The van der Waals surface area contributed by atoms with Crippen LogP contribution in [0.25, 0.3) is 10.9 Å². The van der Waals surface area contributed by atoms with Gasteiger partial charge in [0.15, 0.2) is 0 Å². The standard InChI is InChI=1S/C38H48N8O6/c1-38(2,3)44-36(50)43-31(18-19-33(39)47)34(48)42-32(22-28-23-41-30-17-11-10-16-29(28)30)35(49)45-46(24-26-12-6-4-7-13-26)37(51)40-20-21-52-25-27-14-8-5-9-15-27/h4-17,23,31-32,41H,18-22,24-25H2,1-3H3,(H2,39,47)(H,40,51)(H,42,48)(H,45,49)(H2,43,44,50). The second-order valence-corrected chi connectivity index (χ2v) is 13.3. The van der Waals surface area contributed by atoms with Gasteiger partial charge in [-0.05, 0) is 49.9 Å². The SMILES string of the molecule is CC(C)(C)NC(=O)NC(CCC(N)=O)C(=O)NC(Cc1c[nH]c2ccccc12)C(=O)NN(Cc1ccccc1)C(=O)NCCOCc1ccccc1. The van der Waals surface area contributed by atoms with Crippen molar-refractivity contribution in [2.75, 3.05) is 13.2 Å². The summed E-state index contributed by atoms with van der Waals surface area (Å²) >= 11 is 0. The number of rotatable bonds is 16. The molecule has 14 heteroatoms. The largest absolute Gasteiger partial charge is 0.375 e. The number of carbonyl (C=O) groups excluding carboxylic acids is 5. The van der Waals surface area contributed by atoms with E-state index in [-0.39, 0.29) is 39.0 Å². The van der Waals surface area contributed by atoms with E-state index in [4.69, 9.17) is 10.5 Å². The molecule has 1 aromatic heterocycles. The van der Waals surface area contributed by atoms with Crippen molar-refractivity contribution in [3.63, 3.8) is 0 Å². The molecule has 4 aromatic rings. The molecule has 14 nitrogen and oxygen atoms in total. The normalized spacial score (nSPS) is 12.3. The number of ether oxygens (including phenoxy) is 1. The molecule has 0 aliphatic rings. The molecule has 0 bridgehead atoms. The number of carbonyl (C=O) groups is 5. The Morgan fingerprint density at radius 2 is 1.48 bits per heavy atom. The van der Waals surface area contributed by atoms with Crippen LogP contribution in [0.5, 0.6) is 0 Å². The number of para-hydroxylation sites is 1. The van der Waals surface area contributed by atoms with Gasteiger partial charge in [-0.15, -0.1) is 0 Å². The monoisotopic (exact) mass is 712 g/mol. The third-order valence-corrected chi connectivity index (χ3v) is 7.83. The van der Waals surface area contributed by atoms with Crippen LogP contribution in [0.15, 0.2) is 91.1 Å². The van der Waals surface area contributed by atoms with Gasteiger partial charge in [-0.25, -0.2) is 14.6 Å². The van der Waals surface area contributed by atoms with Crippen LogP contribution >= 0.6 is 0 Å². The number of amides is 7. The lowest BCUT2D eigenvalue weighted by Gasteiger charge is -2.28. The zero-order valence-electron chi connectivity index (χ0n) is 29.7. The van der Waals surface area contributed by atoms with Crippen molar-refractivity contribution in [1.29, 1.82) is 0 Å². The maximum atomic E-state index is 14.1. The molecule has 8 N–H and O–H groups in total. The van der Waals surface area contributed by atoms with Gasteiger partial charge in [0.25, 0.3) is 5.91 Å². The Bertz CT molecular complexity index is 1790. The van der Waals surface area contributed by atoms with Gasteiger partial charge in [0.05, 0.1) is 19.8 Å². The molecule has 0 fully saturated rings. The summed E-state index contributed by atoms with van der Waals surface area (Å²) in [4.78, 5) is 69.0. The molecule has 0 radical (unpaired) electrons. The highest BCUT2D eigenvalue weighted by molar-refractivity contribution is 5.93. The number of aromatic amines is 1. The first kappa shape index (κ1) is 38.9. The van der Waals surface area contributed by atoms with Gasteiger partial charge in [-0.1, -0.05) is 78.9 Å². The van der Waals surface area contributed by atoms with Crippen LogP contribution in [0.2, 0.25) is 0 Å². The third-order valence-electron chi connectivity index (χ3n) is 7.83.